The van der Waals surface area contributed by atoms with Gasteiger partial charge >= 0.3 is 0 Å². The molecule has 3 aromatic rings. The molecule has 0 aliphatic carbocycles. The first-order valence-electron chi connectivity index (χ1n) is 10.4. The summed E-state index contributed by atoms with van der Waals surface area (Å²) >= 11 is 0. The highest BCUT2D eigenvalue weighted by Crippen LogP contribution is 2.29. The molecule has 2 amide bonds. The average molecular weight is 449 g/mol. The fourth-order valence-corrected chi connectivity index (χ4v) is 4.73. The molecule has 1 heterocycles. The van der Waals surface area contributed by atoms with Crippen molar-refractivity contribution in [2.75, 3.05) is 16.8 Å². The summed E-state index contributed by atoms with van der Waals surface area (Å²) in [5, 5.41) is 2.25. The number of anilines is 2. The molecule has 4 rings (SSSR count). The summed E-state index contributed by atoms with van der Waals surface area (Å²) in [7, 11) is -3.38. The third-order valence-corrected chi connectivity index (χ3v) is 7.76. The van der Waals surface area contributed by atoms with Crippen molar-refractivity contribution in [3.05, 3.63) is 89.5 Å². The molecular weight excluding hydrogens is 424 g/mol. The van der Waals surface area contributed by atoms with Crippen LogP contribution in [0.3, 0.4) is 0 Å². The fourth-order valence-electron chi connectivity index (χ4n) is 3.67. The molecule has 0 aromatic heterocycles. The van der Waals surface area contributed by atoms with E-state index in [1.807, 2.05) is 24.3 Å². The largest absolute Gasteiger partial charge is 0.322 e. The Kier molecular flexibility index (Phi) is 5.84. The van der Waals surface area contributed by atoms with Crippen molar-refractivity contribution >= 4 is 33.0 Å². The summed E-state index contributed by atoms with van der Waals surface area (Å²) < 4.78 is 24.4. The van der Waals surface area contributed by atoms with Gasteiger partial charge in [0, 0.05) is 29.0 Å². The Hall–Kier alpha value is -3.45. The number of nitrogens with zero attached hydrogens (tertiary/aromatic N) is 1. The molecule has 6 nitrogen and oxygen atoms in total. The van der Waals surface area contributed by atoms with Crippen molar-refractivity contribution in [1.29, 1.82) is 0 Å². The van der Waals surface area contributed by atoms with Gasteiger partial charge in [0.2, 0.25) is 0 Å². The molecule has 7 heteroatoms. The van der Waals surface area contributed by atoms with Crippen LogP contribution in [0.5, 0.6) is 0 Å². The summed E-state index contributed by atoms with van der Waals surface area (Å²) in [5.41, 5.74) is 3.55. The number of carbonyl (C=O) groups is 2. The number of amides is 2. The van der Waals surface area contributed by atoms with E-state index in [9.17, 15) is 18.0 Å². The second-order valence-electron chi connectivity index (χ2n) is 7.99. The van der Waals surface area contributed by atoms with Crippen LogP contribution in [0, 0.1) is 0 Å². The van der Waals surface area contributed by atoms with Gasteiger partial charge in [-0.15, -0.1) is 0 Å². The van der Waals surface area contributed by atoms with Gasteiger partial charge in [-0.25, -0.2) is 8.42 Å². The van der Waals surface area contributed by atoms with Crippen LogP contribution in [0.2, 0.25) is 0 Å². The normalized spacial score (nSPS) is 13.2. The van der Waals surface area contributed by atoms with Gasteiger partial charge in [0.25, 0.3) is 11.8 Å². The van der Waals surface area contributed by atoms with Gasteiger partial charge in [0.15, 0.2) is 9.84 Å². The summed E-state index contributed by atoms with van der Waals surface area (Å²) in [4.78, 5) is 27.4. The molecule has 164 valence electrons. The number of fused-ring (bicyclic) bond motifs is 1. The highest BCUT2D eigenvalue weighted by atomic mass is 32.2. The van der Waals surface area contributed by atoms with Crippen molar-refractivity contribution < 1.29 is 18.0 Å². The minimum Gasteiger partial charge on any atom is -0.322 e. The van der Waals surface area contributed by atoms with E-state index in [-0.39, 0.29) is 16.7 Å². The van der Waals surface area contributed by atoms with Crippen molar-refractivity contribution in [2.24, 2.45) is 0 Å². The van der Waals surface area contributed by atoms with E-state index >= 15 is 0 Å². The number of carbonyl (C=O) groups excluding carboxylic acids is 2. The summed E-state index contributed by atoms with van der Waals surface area (Å²) in [6.45, 7) is 3.89. The predicted molar refractivity (Wildman–Crippen MR) is 125 cm³/mol. The fraction of sp³-hybridized carbons (Fsp3) is 0.200. The highest BCUT2D eigenvalue weighted by Gasteiger charge is 2.25. The third-order valence-electron chi connectivity index (χ3n) is 5.59. The van der Waals surface area contributed by atoms with Crippen LogP contribution in [-0.4, -0.2) is 32.0 Å². The molecule has 1 N–H and O–H groups in total. The van der Waals surface area contributed by atoms with E-state index in [0.29, 0.717) is 23.4 Å². The number of hydrogen-bond donors (Lipinski definition) is 1. The van der Waals surface area contributed by atoms with Crippen LogP contribution in [0.4, 0.5) is 11.4 Å². The minimum atomic E-state index is -3.38. The maximum Gasteiger partial charge on any atom is 0.258 e. The third kappa shape index (κ3) is 4.16. The van der Waals surface area contributed by atoms with Crippen LogP contribution in [-0.2, 0) is 16.3 Å². The second kappa shape index (κ2) is 8.59. The molecule has 0 saturated heterocycles. The van der Waals surface area contributed by atoms with Crippen molar-refractivity contribution in [2.45, 2.75) is 30.4 Å². The van der Waals surface area contributed by atoms with Gasteiger partial charge in [-0.2, -0.15) is 0 Å². The van der Waals surface area contributed by atoms with Crippen molar-refractivity contribution in [3.8, 4) is 0 Å². The van der Waals surface area contributed by atoms with Crippen LogP contribution < -0.4 is 10.2 Å². The van der Waals surface area contributed by atoms with Crippen LogP contribution in [0.1, 0.15) is 40.1 Å². The molecule has 0 saturated carbocycles. The lowest BCUT2D eigenvalue weighted by Gasteiger charge is -2.17. The van der Waals surface area contributed by atoms with Crippen molar-refractivity contribution in [1.82, 2.24) is 0 Å². The van der Waals surface area contributed by atoms with E-state index in [1.165, 1.54) is 24.3 Å². The molecule has 3 aromatic carbocycles. The Bertz CT molecular complexity index is 1260. The number of hydrogen-bond acceptors (Lipinski definition) is 4. The average Bonchev–Trinajstić information content (AvgIpc) is 3.23. The molecule has 0 atom stereocenters. The zero-order valence-corrected chi connectivity index (χ0v) is 18.7. The topological polar surface area (TPSA) is 83.5 Å². The molecule has 1 aliphatic heterocycles. The van der Waals surface area contributed by atoms with Gasteiger partial charge in [0.05, 0.1) is 10.1 Å². The van der Waals surface area contributed by atoms with Crippen LogP contribution in [0.15, 0.2) is 77.7 Å². The number of para-hydroxylation sites is 1. The van der Waals surface area contributed by atoms with E-state index in [0.717, 1.165) is 17.7 Å². The smallest absolute Gasteiger partial charge is 0.258 e. The zero-order valence-electron chi connectivity index (χ0n) is 17.9. The zero-order chi connectivity index (χ0) is 22.9. The van der Waals surface area contributed by atoms with E-state index in [4.69, 9.17) is 0 Å². The molecule has 32 heavy (non-hydrogen) atoms. The van der Waals surface area contributed by atoms with Gasteiger partial charge < -0.3 is 10.2 Å². The quantitative estimate of drug-likeness (QED) is 0.630. The maximum atomic E-state index is 12.9. The second-order valence-corrected chi connectivity index (χ2v) is 10.5. The lowest BCUT2D eigenvalue weighted by Crippen LogP contribution is -2.28. The van der Waals surface area contributed by atoms with Crippen LogP contribution in [0.25, 0.3) is 0 Å². The Morgan fingerprint density at radius 3 is 2.16 bits per heavy atom. The van der Waals surface area contributed by atoms with Gasteiger partial charge in [0.1, 0.15) is 0 Å². The van der Waals surface area contributed by atoms with E-state index < -0.39 is 15.1 Å². The van der Waals surface area contributed by atoms with Gasteiger partial charge in [-0.05, 0) is 80.4 Å². The van der Waals surface area contributed by atoms with Gasteiger partial charge in [-0.3, -0.25) is 9.59 Å². The number of benzene rings is 3. The Balaban J connectivity index is 1.44. The molecule has 1 aliphatic rings. The van der Waals surface area contributed by atoms with Crippen LogP contribution >= 0.6 is 0 Å². The number of rotatable bonds is 5. The molecule has 0 unspecified atom stereocenters. The Labute approximate surface area is 187 Å². The van der Waals surface area contributed by atoms with Gasteiger partial charge in [-0.1, -0.05) is 18.2 Å². The number of sulfone groups is 1. The maximum absolute atomic E-state index is 12.9. The lowest BCUT2D eigenvalue weighted by molar-refractivity contribution is 0.0988. The summed E-state index contributed by atoms with van der Waals surface area (Å²) in [6, 6.07) is 20.5. The molecule has 0 radical (unpaired) electrons. The van der Waals surface area contributed by atoms with E-state index in [2.05, 4.69) is 5.32 Å². The highest BCUT2D eigenvalue weighted by molar-refractivity contribution is 7.92. The standard InChI is InChI=1S/C25H24N2O4S/c1-17(2)32(30,31)22-13-9-19(10-14-22)24(28)26-21-11-7-20(8-12-21)25(29)27-16-15-18-5-3-4-6-23(18)27/h3-14,17H,15-16H2,1-2H3,(H,26,28). The predicted octanol–water partition coefficient (Wildman–Crippen LogP) is 4.32. The molecule has 0 spiro atoms. The Morgan fingerprint density at radius 1 is 0.875 bits per heavy atom. The Morgan fingerprint density at radius 2 is 1.50 bits per heavy atom. The summed E-state index contributed by atoms with van der Waals surface area (Å²) in [6.07, 6.45) is 0.841. The first-order valence-corrected chi connectivity index (χ1v) is 12.0. The molecule has 0 bridgehead atoms. The SMILES string of the molecule is CC(C)S(=O)(=O)c1ccc(C(=O)Nc2ccc(C(=O)N3CCc4ccccc43)cc2)cc1. The van der Waals surface area contributed by atoms with Crippen molar-refractivity contribution in [3.63, 3.8) is 0 Å². The molecule has 0 fully saturated rings. The van der Waals surface area contributed by atoms with E-state index in [1.54, 1.807) is 43.0 Å². The molecular formula is C25H24N2O4S. The first kappa shape index (κ1) is 21.8. The monoisotopic (exact) mass is 448 g/mol. The number of nitrogens with one attached hydrogen (secondary N) is 1. The summed E-state index contributed by atoms with van der Waals surface area (Å²) in [5.74, 6) is -0.430. The first-order chi connectivity index (χ1) is 15.3. The minimum absolute atomic E-state index is 0.0743. The lowest BCUT2D eigenvalue weighted by atomic mass is 10.1.